The maximum absolute atomic E-state index is 11.2. The fraction of sp³-hybridized carbons (Fsp3) is 0.417. The van der Waals surface area contributed by atoms with Crippen LogP contribution in [0.3, 0.4) is 0 Å². The summed E-state index contributed by atoms with van der Waals surface area (Å²) in [5.41, 5.74) is 1.16. The second-order valence-electron chi connectivity index (χ2n) is 4.02. The van der Waals surface area contributed by atoms with Crippen molar-refractivity contribution in [3.05, 3.63) is 35.6 Å². The number of rotatable bonds is 1. The Balaban J connectivity index is 2.21. The predicted molar refractivity (Wildman–Crippen MR) is 54.8 cm³/mol. The van der Waals surface area contributed by atoms with Gasteiger partial charge in [0.25, 0.3) is 0 Å². The van der Waals surface area contributed by atoms with Crippen LogP contribution in [0.2, 0.25) is 0 Å². The summed E-state index contributed by atoms with van der Waals surface area (Å²) in [5, 5.41) is 9.31. The quantitative estimate of drug-likeness (QED) is 0.690. The van der Waals surface area contributed by atoms with Crippen molar-refractivity contribution in [2.75, 3.05) is 0 Å². The van der Waals surface area contributed by atoms with Crippen molar-refractivity contribution in [2.24, 2.45) is 11.8 Å². The standard InChI is InChI=1S/C12H14O2/c1-8(13)9-2-3-11-7-12(14)5-4-10(11)6-9/h2-3,5,7,9-10,14H,4,6H2,1H3. The molecule has 0 aromatic carbocycles. The summed E-state index contributed by atoms with van der Waals surface area (Å²) >= 11 is 0. The molecule has 2 heteroatoms. The lowest BCUT2D eigenvalue weighted by molar-refractivity contribution is -0.119. The average Bonchev–Trinajstić information content (AvgIpc) is 2.16. The van der Waals surface area contributed by atoms with Gasteiger partial charge in [0, 0.05) is 5.92 Å². The molecule has 0 saturated heterocycles. The van der Waals surface area contributed by atoms with E-state index in [4.69, 9.17) is 0 Å². The molecule has 0 aliphatic heterocycles. The molecule has 2 aliphatic carbocycles. The van der Waals surface area contributed by atoms with E-state index >= 15 is 0 Å². The fourth-order valence-electron chi connectivity index (χ4n) is 2.08. The van der Waals surface area contributed by atoms with Crippen LogP contribution >= 0.6 is 0 Å². The molecule has 2 nitrogen and oxygen atoms in total. The van der Waals surface area contributed by atoms with E-state index in [0.29, 0.717) is 11.7 Å². The summed E-state index contributed by atoms with van der Waals surface area (Å²) in [4.78, 5) is 11.2. The second kappa shape index (κ2) is 3.45. The molecule has 2 atom stereocenters. The smallest absolute Gasteiger partial charge is 0.136 e. The van der Waals surface area contributed by atoms with Gasteiger partial charge in [-0.25, -0.2) is 0 Å². The molecule has 0 heterocycles. The van der Waals surface area contributed by atoms with Crippen LogP contribution < -0.4 is 0 Å². The van der Waals surface area contributed by atoms with Crippen LogP contribution in [0.15, 0.2) is 35.6 Å². The van der Waals surface area contributed by atoms with Crippen LogP contribution in [0, 0.1) is 11.8 Å². The lowest BCUT2D eigenvalue weighted by Crippen LogP contribution is -2.20. The Labute approximate surface area is 83.6 Å². The molecule has 74 valence electrons. The van der Waals surface area contributed by atoms with Gasteiger partial charge >= 0.3 is 0 Å². The first kappa shape index (κ1) is 9.25. The van der Waals surface area contributed by atoms with E-state index in [-0.39, 0.29) is 11.7 Å². The Morgan fingerprint density at radius 1 is 1.57 bits per heavy atom. The zero-order valence-corrected chi connectivity index (χ0v) is 8.23. The predicted octanol–water partition coefficient (Wildman–Crippen LogP) is 2.54. The molecule has 1 N–H and O–H groups in total. The number of carbonyl (C=O) groups excluding carboxylic acids is 1. The van der Waals surface area contributed by atoms with E-state index in [0.717, 1.165) is 18.4 Å². The zero-order valence-electron chi connectivity index (χ0n) is 8.23. The number of hydrogen-bond donors (Lipinski definition) is 1. The summed E-state index contributed by atoms with van der Waals surface area (Å²) in [7, 11) is 0. The Hall–Kier alpha value is -1.31. The minimum Gasteiger partial charge on any atom is -0.508 e. The van der Waals surface area contributed by atoms with Crippen molar-refractivity contribution in [1.82, 2.24) is 0 Å². The molecule has 0 saturated carbocycles. The van der Waals surface area contributed by atoms with Crippen molar-refractivity contribution < 1.29 is 9.90 Å². The molecule has 0 bridgehead atoms. The third kappa shape index (κ3) is 1.65. The monoisotopic (exact) mass is 190 g/mol. The highest BCUT2D eigenvalue weighted by Crippen LogP contribution is 2.34. The maximum Gasteiger partial charge on any atom is 0.136 e. The largest absolute Gasteiger partial charge is 0.508 e. The SMILES string of the molecule is CC(=O)C1C=CC2=CC(O)=CCC2C1. The van der Waals surface area contributed by atoms with Crippen molar-refractivity contribution in [1.29, 1.82) is 0 Å². The van der Waals surface area contributed by atoms with Crippen LogP contribution in [0.5, 0.6) is 0 Å². The van der Waals surface area contributed by atoms with Gasteiger partial charge in [-0.05, 0) is 43.4 Å². The highest BCUT2D eigenvalue weighted by Gasteiger charge is 2.25. The maximum atomic E-state index is 11.2. The van der Waals surface area contributed by atoms with Crippen LogP contribution in [0.4, 0.5) is 0 Å². The highest BCUT2D eigenvalue weighted by molar-refractivity contribution is 5.80. The van der Waals surface area contributed by atoms with Crippen LogP contribution in [0.25, 0.3) is 0 Å². The molecule has 0 aromatic heterocycles. The number of hydrogen-bond acceptors (Lipinski definition) is 2. The van der Waals surface area contributed by atoms with E-state index in [2.05, 4.69) is 0 Å². The number of carbonyl (C=O) groups is 1. The second-order valence-corrected chi connectivity index (χ2v) is 4.02. The van der Waals surface area contributed by atoms with Gasteiger partial charge in [0.2, 0.25) is 0 Å². The van der Waals surface area contributed by atoms with Crippen molar-refractivity contribution in [2.45, 2.75) is 19.8 Å². The lowest BCUT2D eigenvalue weighted by atomic mass is 9.78. The Morgan fingerprint density at radius 2 is 2.36 bits per heavy atom. The zero-order chi connectivity index (χ0) is 10.1. The number of aliphatic hydroxyl groups excluding tert-OH is 1. The topological polar surface area (TPSA) is 37.3 Å². The first-order valence-electron chi connectivity index (χ1n) is 4.96. The molecule has 2 rings (SSSR count). The van der Waals surface area contributed by atoms with Gasteiger partial charge in [0.1, 0.15) is 11.5 Å². The molecule has 0 radical (unpaired) electrons. The summed E-state index contributed by atoms with van der Waals surface area (Å²) < 4.78 is 0. The van der Waals surface area contributed by atoms with Crippen molar-refractivity contribution in [3.8, 4) is 0 Å². The third-order valence-corrected chi connectivity index (χ3v) is 2.98. The molecule has 14 heavy (non-hydrogen) atoms. The van der Waals surface area contributed by atoms with Crippen molar-refractivity contribution in [3.63, 3.8) is 0 Å². The first-order valence-corrected chi connectivity index (χ1v) is 4.96. The lowest BCUT2D eigenvalue weighted by Gasteiger charge is -2.27. The molecular formula is C12H14O2. The van der Waals surface area contributed by atoms with Crippen LogP contribution in [-0.2, 0) is 4.79 Å². The molecular weight excluding hydrogens is 176 g/mol. The van der Waals surface area contributed by atoms with Gasteiger partial charge in [-0.1, -0.05) is 12.2 Å². The van der Waals surface area contributed by atoms with Gasteiger partial charge in [0.15, 0.2) is 0 Å². The number of fused-ring (bicyclic) bond motifs is 1. The molecule has 2 aliphatic rings. The Bertz CT molecular complexity index is 347. The minimum absolute atomic E-state index is 0.0748. The third-order valence-electron chi connectivity index (χ3n) is 2.98. The van der Waals surface area contributed by atoms with E-state index in [9.17, 15) is 9.90 Å². The molecule has 2 unspecified atom stereocenters. The molecule has 0 spiro atoms. The Morgan fingerprint density at radius 3 is 3.07 bits per heavy atom. The normalized spacial score (nSPS) is 30.4. The summed E-state index contributed by atoms with van der Waals surface area (Å²) in [6.45, 7) is 1.64. The summed E-state index contributed by atoms with van der Waals surface area (Å²) in [5.74, 6) is 1.08. The first-order chi connectivity index (χ1) is 6.66. The summed E-state index contributed by atoms with van der Waals surface area (Å²) in [6.07, 6.45) is 9.28. The van der Waals surface area contributed by atoms with E-state index < -0.39 is 0 Å². The number of allylic oxidation sites excluding steroid dienone is 5. The van der Waals surface area contributed by atoms with Gasteiger partial charge in [-0.15, -0.1) is 0 Å². The van der Waals surface area contributed by atoms with E-state index in [1.807, 2.05) is 18.2 Å². The Kier molecular flexibility index (Phi) is 2.28. The van der Waals surface area contributed by atoms with Gasteiger partial charge in [-0.3, -0.25) is 4.79 Å². The summed E-state index contributed by atoms with van der Waals surface area (Å²) in [6, 6.07) is 0. The minimum atomic E-state index is 0.0748. The molecule has 0 fully saturated rings. The average molecular weight is 190 g/mol. The van der Waals surface area contributed by atoms with Gasteiger partial charge < -0.3 is 5.11 Å². The number of Topliss-reactive ketones (excluding diaryl/α,β-unsaturated/α-hetero) is 1. The fourth-order valence-corrected chi connectivity index (χ4v) is 2.08. The van der Waals surface area contributed by atoms with Crippen LogP contribution in [0.1, 0.15) is 19.8 Å². The number of aliphatic hydroxyl groups is 1. The van der Waals surface area contributed by atoms with E-state index in [1.165, 1.54) is 0 Å². The van der Waals surface area contributed by atoms with E-state index in [1.54, 1.807) is 13.0 Å². The van der Waals surface area contributed by atoms with Crippen molar-refractivity contribution >= 4 is 5.78 Å². The van der Waals surface area contributed by atoms with Gasteiger partial charge in [-0.2, -0.15) is 0 Å². The van der Waals surface area contributed by atoms with Gasteiger partial charge in [0.05, 0.1) is 0 Å². The molecule has 0 aromatic rings. The highest BCUT2D eigenvalue weighted by atomic mass is 16.3. The van der Waals surface area contributed by atoms with Crippen LogP contribution in [-0.4, -0.2) is 10.9 Å². The molecule has 0 amide bonds. The number of ketones is 1.